The number of anilines is 1. The third kappa shape index (κ3) is 5.49. The van der Waals surface area contributed by atoms with Crippen LogP contribution < -0.4 is 29.7 Å². The maximum atomic E-state index is 14.3. The average Bonchev–Trinajstić information content (AvgIpc) is 3.50. The first-order valence-electron chi connectivity index (χ1n) is 14.3. The summed E-state index contributed by atoms with van der Waals surface area (Å²) >= 11 is 1.26. The number of nitrogens with one attached hydrogen (secondary N) is 1. The predicted octanol–water partition coefficient (Wildman–Crippen LogP) is 5.44. The summed E-state index contributed by atoms with van der Waals surface area (Å²) in [7, 11) is 3.10. The highest BCUT2D eigenvalue weighted by molar-refractivity contribution is 7.07. The lowest BCUT2D eigenvalue weighted by molar-refractivity contribution is -0.113. The molecule has 0 aliphatic carbocycles. The number of carbonyl (C=O) groups excluding carboxylic acids is 1. The maximum absolute atomic E-state index is 14.3. The van der Waals surface area contributed by atoms with Gasteiger partial charge in [0.15, 0.2) is 4.80 Å². The molecule has 0 saturated carbocycles. The summed E-state index contributed by atoms with van der Waals surface area (Å²) in [6, 6.07) is 21.9. The lowest BCUT2D eigenvalue weighted by atomic mass is 9.94. The van der Waals surface area contributed by atoms with E-state index in [1.165, 1.54) is 23.5 Å². The molecular formula is C35H31FN4O4S. The van der Waals surface area contributed by atoms with Crippen molar-refractivity contribution in [3.8, 4) is 17.2 Å². The van der Waals surface area contributed by atoms with E-state index in [1.54, 1.807) is 62.1 Å². The summed E-state index contributed by atoms with van der Waals surface area (Å²) in [5.41, 5.74) is 5.29. The van der Waals surface area contributed by atoms with Gasteiger partial charge in [-0.05, 0) is 87.0 Å². The van der Waals surface area contributed by atoms with Crippen molar-refractivity contribution < 1.29 is 18.7 Å². The predicted molar refractivity (Wildman–Crippen MR) is 174 cm³/mol. The lowest BCUT2D eigenvalue weighted by Gasteiger charge is -2.26. The number of allylic oxidation sites excluding steroid dienone is 1. The molecule has 1 aliphatic heterocycles. The van der Waals surface area contributed by atoms with Gasteiger partial charge in [-0.25, -0.2) is 9.38 Å². The molecule has 5 aromatic rings. The second-order valence-corrected chi connectivity index (χ2v) is 11.7. The molecule has 3 heterocycles. The Hall–Kier alpha value is -5.22. The fourth-order valence-corrected chi connectivity index (χ4v) is 6.77. The van der Waals surface area contributed by atoms with Crippen LogP contribution in [0.3, 0.4) is 0 Å². The highest BCUT2D eigenvalue weighted by atomic mass is 32.1. The van der Waals surface area contributed by atoms with Gasteiger partial charge in [-0.1, -0.05) is 29.5 Å². The van der Waals surface area contributed by atoms with E-state index in [4.69, 9.17) is 14.5 Å². The molecule has 45 heavy (non-hydrogen) atoms. The molecule has 8 nitrogen and oxygen atoms in total. The number of fused-ring (bicyclic) bond motifs is 1. The van der Waals surface area contributed by atoms with Gasteiger partial charge in [-0.3, -0.25) is 14.2 Å². The van der Waals surface area contributed by atoms with E-state index >= 15 is 0 Å². The normalized spacial score (nSPS) is 14.6. The second-order valence-electron chi connectivity index (χ2n) is 10.6. The largest absolute Gasteiger partial charge is 0.497 e. The van der Waals surface area contributed by atoms with Crippen molar-refractivity contribution in [1.82, 2.24) is 9.13 Å². The zero-order valence-corrected chi connectivity index (χ0v) is 26.2. The number of rotatable bonds is 7. The number of methoxy groups -OCH3 is 2. The number of hydrogen-bond acceptors (Lipinski definition) is 6. The van der Waals surface area contributed by atoms with Crippen LogP contribution in [0.4, 0.5) is 10.1 Å². The van der Waals surface area contributed by atoms with Crippen LogP contribution in [0.5, 0.6) is 11.5 Å². The number of benzene rings is 3. The molecule has 2 aromatic heterocycles. The Labute approximate surface area is 263 Å². The van der Waals surface area contributed by atoms with Gasteiger partial charge in [-0.2, -0.15) is 0 Å². The molecule has 6 rings (SSSR count). The zero-order chi connectivity index (χ0) is 31.8. The van der Waals surface area contributed by atoms with E-state index in [0.29, 0.717) is 43.4 Å². The molecule has 0 radical (unpaired) electrons. The van der Waals surface area contributed by atoms with Crippen molar-refractivity contribution >= 4 is 29.0 Å². The zero-order valence-electron chi connectivity index (χ0n) is 25.4. The van der Waals surface area contributed by atoms with Crippen LogP contribution in [0.2, 0.25) is 0 Å². The van der Waals surface area contributed by atoms with Crippen molar-refractivity contribution in [1.29, 1.82) is 0 Å². The number of hydrogen-bond donors (Lipinski definition) is 1. The topological polar surface area (TPSA) is 86.9 Å². The summed E-state index contributed by atoms with van der Waals surface area (Å²) < 4.78 is 28.8. The minimum Gasteiger partial charge on any atom is -0.497 e. The molecule has 0 fully saturated rings. The molecule has 3 aromatic carbocycles. The molecule has 0 saturated heterocycles. The van der Waals surface area contributed by atoms with E-state index in [2.05, 4.69) is 5.32 Å². The van der Waals surface area contributed by atoms with E-state index in [-0.39, 0.29) is 17.3 Å². The van der Waals surface area contributed by atoms with Crippen molar-refractivity contribution in [2.45, 2.75) is 26.8 Å². The Bertz CT molecular complexity index is 2140. The summed E-state index contributed by atoms with van der Waals surface area (Å²) in [6.45, 7) is 5.70. The molecule has 228 valence electrons. The van der Waals surface area contributed by atoms with Gasteiger partial charge in [0.1, 0.15) is 23.4 Å². The second kappa shape index (κ2) is 12.0. The van der Waals surface area contributed by atoms with Gasteiger partial charge in [0.2, 0.25) is 0 Å². The third-order valence-electron chi connectivity index (χ3n) is 7.87. The van der Waals surface area contributed by atoms with Gasteiger partial charge in [0.05, 0.1) is 30.0 Å². The van der Waals surface area contributed by atoms with Crippen LogP contribution in [-0.2, 0) is 4.79 Å². The Morgan fingerprint density at radius 2 is 1.71 bits per heavy atom. The Balaban J connectivity index is 1.52. The van der Waals surface area contributed by atoms with Crippen LogP contribution in [0, 0.1) is 19.7 Å². The van der Waals surface area contributed by atoms with Gasteiger partial charge in [0, 0.05) is 34.4 Å². The van der Waals surface area contributed by atoms with E-state index < -0.39 is 6.04 Å². The molecule has 0 spiro atoms. The van der Waals surface area contributed by atoms with E-state index in [0.717, 1.165) is 22.6 Å². The number of aromatic nitrogens is 2. The van der Waals surface area contributed by atoms with Gasteiger partial charge < -0.3 is 19.4 Å². The van der Waals surface area contributed by atoms with Crippen LogP contribution in [0.1, 0.15) is 35.5 Å². The molecule has 0 unspecified atom stereocenters. The van der Waals surface area contributed by atoms with Gasteiger partial charge in [0.25, 0.3) is 11.5 Å². The first-order valence-corrected chi connectivity index (χ1v) is 15.1. The number of aryl methyl sites for hydroxylation is 1. The third-order valence-corrected chi connectivity index (χ3v) is 8.86. The number of para-hydroxylation sites is 1. The summed E-state index contributed by atoms with van der Waals surface area (Å²) in [4.78, 5) is 33.4. The lowest BCUT2D eigenvalue weighted by Crippen LogP contribution is -2.40. The Morgan fingerprint density at radius 3 is 2.40 bits per heavy atom. The fourth-order valence-electron chi connectivity index (χ4n) is 5.73. The SMILES string of the molecule is COc1ccc([C@@H]2C(C(=O)Nc3ccccc3)=C(C)N=c3s/c(=C\c4cc(C)n(-c5ccc(F)cc5)c4C)c(=O)n32)c(OC)c1. The molecule has 1 atom stereocenters. The van der Waals surface area contributed by atoms with Crippen LogP contribution in [0.25, 0.3) is 11.8 Å². The smallest absolute Gasteiger partial charge is 0.271 e. The summed E-state index contributed by atoms with van der Waals surface area (Å²) in [5.74, 6) is 0.368. The van der Waals surface area contributed by atoms with Gasteiger partial charge in [-0.15, -0.1) is 0 Å². The minimum atomic E-state index is -0.820. The minimum absolute atomic E-state index is 0.286. The number of carbonyl (C=O) groups is 1. The van der Waals surface area contributed by atoms with Crippen molar-refractivity contribution in [3.05, 3.63) is 138 Å². The van der Waals surface area contributed by atoms with Crippen molar-refractivity contribution in [3.63, 3.8) is 0 Å². The summed E-state index contributed by atoms with van der Waals surface area (Å²) in [5, 5.41) is 2.97. The molecule has 1 N–H and O–H groups in total. The molecule has 0 bridgehead atoms. The fraction of sp³-hybridized carbons (Fsp3) is 0.171. The average molecular weight is 623 g/mol. The number of ether oxygens (including phenoxy) is 2. The first kappa shape index (κ1) is 29.8. The highest BCUT2D eigenvalue weighted by Gasteiger charge is 2.34. The van der Waals surface area contributed by atoms with Crippen LogP contribution in [-0.4, -0.2) is 29.3 Å². The molecule has 1 amide bonds. The van der Waals surface area contributed by atoms with Gasteiger partial charge >= 0.3 is 0 Å². The van der Waals surface area contributed by atoms with E-state index in [9.17, 15) is 14.0 Å². The van der Waals surface area contributed by atoms with Crippen LogP contribution >= 0.6 is 11.3 Å². The van der Waals surface area contributed by atoms with Crippen molar-refractivity contribution in [2.75, 3.05) is 19.5 Å². The number of halogens is 1. The summed E-state index contributed by atoms with van der Waals surface area (Å²) in [6.07, 6.45) is 1.84. The quantitative estimate of drug-likeness (QED) is 0.262. The highest BCUT2D eigenvalue weighted by Crippen LogP contribution is 2.37. The van der Waals surface area contributed by atoms with E-state index in [1.807, 2.05) is 54.8 Å². The monoisotopic (exact) mass is 622 g/mol. The number of amides is 1. The number of thiazole rings is 1. The van der Waals surface area contributed by atoms with Crippen LogP contribution in [0.15, 0.2) is 99.9 Å². The molecule has 10 heteroatoms. The standard InChI is InChI=1S/C35H31FN4O4S/c1-20-17-23(22(3)39(20)26-13-11-24(36)12-14-26)18-30-34(42)40-32(28-16-15-27(43-4)19-29(28)44-5)31(21(2)37-35(40)45-30)33(41)38-25-9-7-6-8-10-25/h6-19,32H,1-5H3,(H,38,41)/b30-18-/t32-/m1/s1. The maximum Gasteiger partial charge on any atom is 0.271 e. The first-order chi connectivity index (χ1) is 21.7. The Morgan fingerprint density at radius 1 is 0.978 bits per heavy atom. The molecule has 1 aliphatic rings. The Kier molecular flexibility index (Phi) is 7.99. The van der Waals surface area contributed by atoms with Crippen molar-refractivity contribution in [2.24, 2.45) is 4.99 Å². The number of nitrogens with zero attached hydrogens (tertiary/aromatic N) is 3. The molecular weight excluding hydrogens is 591 g/mol.